The van der Waals surface area contributed by atoms with Crippen molar-refractivity contribution in [1.82, 2.24) is 24.3 Å². The van der Waals surface area contributed by atoms with Gasteiger partial charge < -0.3 is 15.1 Å². The molecule has 31 heavy (non-hydrogen) atoms. The highest BCUT2D eigenvalue weighted by atomic mass is 16.4. The minimum absolute atomic E-state index is 0.277. The second-order valence-electron chi connectivity index (χ2n) is 8.00. The minimum atomic E-state index is -0.277. The van der Waals surface area contributed by atoms with Gasteiger partial charge in [0.15, 0.2) is 5.58 Å². The van der Waals surface area contributed by atoms with Crippen LogP contribution < -0.4 is 11.5 Å². The first-order valence-electron chi connectivity index (χ1n) is 10.7. The number of rotatable bonds is 6. The molecule has 0 unspecified atom stereocenters. The van der Waals surface area contributed by atoms with E-state index in [4.69, 9.17) is 10.2 Å². The van der Waals surface area contributed by atoms with Gasteiger partial charge in [-0.1, -0.05) is 24.3 Å². The third kappa shape index (κ3) is 4.17. The Labute approximate surface area is 179 Å². The van der Waals surface area contributed by atoms with Crippen LogP contribution in [0.4, 0.5) is 5.82 Å². The second kappa shape index (κ2) is 8.49. The molecule has 0 aliphatic carbocycles. The lowest BCUT2D eigenvalue weighted by atomic mass is 10.2. The molecule has 0 spiro atoms. The van der Waals surface area contributed by atoms with E-state index in [2.05, 4.69) is 19.8 Å². The Morgan fingerprint density at radius 3 is 2.52 bits per heavy atom. The molecule has 0 atom stereocenters. The Bertz CT molecular complexity index is 1260. The smallest absolute Gasteiger partial charge is 0.408 e. The summed E-state index contributed by atoms with van der Waals surface area (Å²) in [7, 11) is 0. The van der Waals surface area contributed by atoms with Gasteiger partial charge in [-0.05, 0) is 37.2 Å². The summed E-state index contributed by atoms with van der Waals surface area (Å²) < 4.78 is 7.04. The molecule has 2 aromatic heterocycles. The van der Waals surface area contributed by atoms with Crippen molar-refractivity contribution in [2.24, 2.45) is 0 Å². The molecule has 2 aromatic carbocycles. The van der Waals surface area contributed by atoms with E-state index in [0.717, 1.165) is 61.4 Å². The first-order chi connectivity index (χ1) is 15.2. The van der Waals surface area contributed by atoms with Gasteiger partial charge in [0.1, 0.15) is 11.6 Å². The third-order valence-corrected chi connectivity index (χ3v) is 5.94. The highest BCUT2D eigenvalue weighted by molar-refractivity contribution is 5.87. The van der Waals surface area contributed by atoms with Gasteiger partial charge in [-0.3, -0.25) is 9.47 Å². The molecule has 1 aliphatic rings. The summed E-state index contributed by atoms with van der Waals surface area (Å²) in [5, 5.41) is 0.903. The maximum Gasteiger partial charge on any atom is 0.419 e. The van der Waals surface area contributed by atoms with Gasteiger partial charge in [-0.15, -0.1) is 0 Å². The SMILES string of the molecule is Nc1nc(CN2CCN(CCCn3c(=O)oc4ccccc43)CC2)nc2ccccc12. The molecule has 2 N–H and O–H groups in total. The molecular formula is C23H26N6O2. The Kier molecular flexibility index (Phi) is 5.40. The molecule has 0 amide bonds. The second-order valence-corrected chi connectivity index (χ2v) is 8.00. The highest BCUT2D eigenvalue weighted by Crippen LogP contribution is 2.18. The average molecular weight is 419 g/mol. The van der Waals surface area contributed by atoms with E-state index in [1.807, 2.05) is 48.5 Å². The molecule has 0 saturated carbocycles. The van der Waals surface area contributed by atoms with E-state index in [1.165, 1.54) is 0 Å². The van der Waals surface area contributed by atoms with Crippen molar-refractivity contribution in [3.8, 4) is 0 Å². The molecule has 160 valence electrons. The summed E-state index contributed by atoms with van der Waals surface area (Å²) in [5.74, 6) is 1.04. The zero-order chi connectivity index (χ0) is 21.2. The van der Waals surface area contributed by atoms with Gasteiger partial charge in [0.25, 0.3) is 0 Å². The van der Waals surface area contributed by atoms with E-state index in [0.29, 0.717) is 24.5 Å². The number of nitrogen functional groups attached to an aromatic ring is 1. The molecule has 0 radical (unpaired) electrons. The Morgan fingerprint density at radius 1 is 0.903 bits per heavy atom. The summed E-state index contributed by atoms with van der Waals surface area (Å²) in [6, 6.07) is 15.4. The maximum absolute atomic E-state index is 12.1. The van der Waals surface area contributed by atoms with Gasteiger partial charge in [0, 0.05) is 38.1 Å². The topological polar surface area (TPSA) is 93.4 Å². The van der Waals surface area contributed by atoms with Crippen LogP contribution in [0, 0.1) is 0 Å². The van der Waals surface area contributed by atoms with Crippen LogP contribution in [0.1, 0.15) is 12.2 Å². The number of aromatic nitrogens is 3. The van der Waals surface area contributed by atoms with Crippen LogP contribution in [-0.2, 0) is 13.1 Å². The summed E-state index contributed by atoms with van der Waals surface area (Å²) in [5.41, 5.74) is 8.53. The Balaban J connectivity index is 1.13. The van der Waals surface area contributed by atoms with E-state index in [-0.39, 0.29) is 5.76 Å². The lowest BCUT2D eigenvalue weighted by molar-refractivity contribution is 0.123. The van der Waals surface area contributed by atoms with Crippen molar-refractivity contribution in [1.29, 1.82) is 0 Å². The predicted molar refractivity (Wildman–Crippen MR) is 121 cm³/mol. The number of nitrogens with two attached hydrogens (primary N) is 1. The molecule has 0 bridgehead atoms. The maximum atomic E-state index is 12.1. The summed E-state index contributed by atoms with van der Waals surface area (Å²) in [4.78, 5) is 26.1. The number of nitrogens with zero attached hydrogens (tertiary/aromatic N) is 5. The molecule has 1 saturated heterocycles. The fourth-order valence-corrected chi connectivity index (χ4v) is 4.27. The highest BCUT2D eigenvalue weighted by Gasteiger charge is 2.18. The van der Waals surface area contributed by atoms with E-state index < -0.39 is 0 Å². The summed E-state index contributed by atoms with van der Waals surface area (Å²) >= 11 is 0. The third-order valence-electron chi connectivity index (χ3n) is 5.94. The summed E-state index contributed by atoms with van der Waals surface area (Å²) in [6.45, 7) is 6.24. The molecule has 8 heteroatoms. The van der Waals surface area contributed by atoms with Crippen molar-refractivity contribution in [3.05, 3.63) is 64.9 Å². The van der Waals surface area contributed by atoms with Crippen LogP contribution in [0.2, 0.25) is 0 Å². The number of aryl methyl sites for hydroxylation is 1. The Morgan fingerprint density at radius 2 is 1.65 bits per heavy atom. The number of fused-ring (bicyclic) bond motifs is 2. The van der Waals surface area contributed by atoms with E-state index in [9.17, 15) is 4.79 Å². The van der Waals surface area contributed by atoms with E-state index in [1.54, 1.807) is 4.57 Å². The number of benzene rings is 2. The standard InChI is InChI=1S/C23H26N6O2/c24-22-17-6-1-2-7-18(17)25-21(26-22)16-28-14-12-27(13-15-28)10-5-11-29-19-8-3-4-9-20(19)31-23(29)30/h1-4,6-9H,5,10-16H2,(H2,24,25,26). The van der Waals surface area contributed by atoms with Crippen LogP contribution in [0.15, 0.2) is 57.7 Å². The van der Waals surface area contributed by atoms with Gasteiger partial charge in [0.05, 0.1) is 17.6 Å². The molecule has 5 rings (SSSR count). The molecule has 3 heterocycles. The predicted octanol–water partition coefficient (Wildman–Crippen LogP) is 2.33. The van der Waals surface area contributed by atoms with Gasteiger partial charge >= 0.3 is 5.76 Å². The number of anilines is 1. The lowest BCUT2D eigenvalue weighted by Gasteiger charge is -2.34. The number of piperazine rings is 1. The van der Waals surface area contributed by atoms with Crippen molar-refractivity contribution < 1.29 is 4.42 Å². The van der Waals surface area contributed by atoms with Gasteiger partial charge in [0.2, 0.25) is 0 Å². The van der Waals surface area contributed by atoms with Gasteiger partial charge in [-0.2, -0.15) is 0 Å². The van der Waals surface area contributed by atoms with Crippen LogP contribution in [-0.4, -0.2) is 57.1 Å². The van der Waals surface area contributed by atoms with Crippen LogP contribution in [0.3, 0.4) is 0 Å². The first-order valence-corrected chi connectivity index (χ1v) is 10.7. The quantitative estimate of drug-likeness (QED) is 0.514. The van der Waals surface area contributed by atoms with Crippen LogP contribution in [0.25, 0.3) is 22.0 Å². The van der Waals surface area contributed by atoms with Crippen molar-refractivity contribution in [2.75, 3.05) is 38.5 Å². The first kappa shape index (κ1) is 19.7. The molecule has 1 aliphatic heterocycles. The fraction of sp³-hybridized carbons (Fsp3) is 0.348. The van der Waals surface area contributed by atoms with E-state index >= 15 is 0 Å². The lowest BCUT2D eigenvalue weighted by Crippen LogP contribution is -2.46. The number of hydrogen-bond acceptors (Lipinski definition) is 7. The summed E-state index contributed by atoms with van der Waals surface area (Å²) in [6.07, 6.45) is 0.910. The average Bonchev–Trinajstić information content (AvgIpc) is 3.10. The zero-order valence-corrected chi connectivity index (χ0v) is 17.4. The molecular weight excluding hydrogens is 392 g/mol. The number of hydrogen-bond donors (Lipinski definition) is 1. The van der Waals surface area contributed by atoms with Crippen molar-refractivity contribution in [2.45, 2.75) is 19.5 Å². The van der Waals surface area contributed by atoms with Crippen LogP contribution in [0.5, 0.6) is 0 Å². The molecule has 1 fully saturated rings. The Hall–Kier alpha value is -3.23. The van der Waals surface area contributed by atoms with Crippen molar-refractivity contribution >= 4 is 27.8 Å². The normalized spacial score (nSPS) is 15.7. The number of para-hydroxylation sites is 3. The monoisotopic (exact) mass is 418 g/mol. The van der Waals surface area contributed by atoms with Crippen molar-refractivity contribution in [3.63, 3.8) is 0 Å². The molecule has 4 aromatic rings. The van der Waals surface area contributed by atoms with Crippen LogP contribution >= 0.6 is 0 Å². The fourth-order valence-electron chi connectivity index (χ4n) is 4.27. The number of oxazole rings is 1. The molecule has 8 nitrogen and oxygen atoms in total. The minimum Gasteiger partial charge on any atom is -0.408 e. The largest absolute Gasteiger partial charge is 0.419 e. The zero-order valence-electron chi connectivity index (χ0n) is 17.4. The van der Waals surface area contributed by atoms with Gasteiger partial charge in [-0.25, -0.2) is 14.8 Å².